The highest BCUT2D eigenvalue weighted by Crippen LogP contribution is 2.89. The Morgan fingerprint density at radius 2 is 1.47 bits per heavy atom. The van der Waals surface area contributed by atoms with E-state index in [4.69, 9.17) is 28.4 Å². The first-order valence-electron chi connectivity index (χ1n) is 21.8. The predicted octanol–water partition coefficient (Wildman–Crippen LogP) is 1.29. The number of aliphatic hydroxyl groups excluding tert-OH is 7. The zero-order valence-electron chi connectivity index (χ0n) is 35.5. The van der Waals surface area contributed by atoms with Crippen molar-refractivity contribution in [1.29, 1.82) is 0 Å². The average molecular weight is 827 g/mol. The Labute approximate surface area is 341 Å². The molecule has 3 saturated heterocycles. The lowest BCUT2D eigenvalue weighted by molar-refractivity contribution is -0.339. The first-order valence-corrected chi connectivity index (χ1v) is 21.8. The van der Waals surface area contributed by atoms with Crippen LogP contribution in [0.15, 0.2) is 0 Å². The third-order valence-electron chi connectivity index (χ3n) is 17.9. The summed E-state index contributed by atoms with van der Waals surface area (Å²) in [5.74, 6) is -0.868. The number of esters is 1. The third-order valence-corrected chi connectivity index (χ3v) is 17.9. The van der Waals surface area contributed by atoms with Gasteiger partial charge in [-0.3, -0.25) is 4.79 Å². The van der Waals surface area contributed by atoms with Gasteiger partial charge in [0, 0.05) is 12.8 Å². The Balaban J connectivity index is 1.13. The highest BCUT2D eigenvalue weighted by molar-refractivity contribution is 5.66. The van der Waals surface area contributed by atoms with Crippen LogP contribution in [0.25, 0.3) is 0 Å². The van der Waals surface area contributed by atoms with Gasteiger partial charge in [-0.2, -0.15) is 0 Å². The van der Waals surface area contributed by atoms with Crippen LogP contribution in [0.2, 0.25) is 0 Å². The molecule has 0 bridgehead atoms. The van der Waals surface area contributed by atoms with Crippen molar-refractivity contribution in [2.75, 3.05) is 13.2 Å². The van der Waals surface area contributed by atoms with Crippen molar-refractivity contribution >= 4 is 5.97 Å². The predicted molar refractivity (Wildman–Crippen MR) is 203 cm³/mol. The summed E-state index contributed by atoms with van der Waals surface area (Å²) in [4.78, 5) is 11.6. The molecule has 3 aliphatic heterocycles. The van der Waals surface area contributed by atoms with Gasteiger partial charge >= 0.3 is 5.97 Å². The van der Waals surface area contributed by atoms with E-state index in [1.165, 1.54) is 6.92 Å². The van der Waals surface area contributed by atoms with Gasteiger partial charge in [-0.15, -0.1) is 0 Å². The first kappa shape index (κ1) is 43.6. The molecule has 15 heteroatoms. The number of carbonyl (C=O) groups is 1. The molecule has 0 aromatic carbocycles. The Morgan fingerprint density at radius 1 is 0.776 bits per heavy atom. The second-order valence-electron chi connectivity index (χ2n) is 21.6. The van der Waals surface area contributed by atoms with Gasteiger partial charge in [0.25, 0.3) is 0 Å². The summed E-state index contributed by atoms with van der Waals surface area (Å²) in [6.45, 7) is 15.1. The molecule has 5 saturated carbocycles. The largest absolute Gasteiger partial charge is 0.457 e. The van der Waals surface area contributed by atoms with Crippen LogP contribution in [-0.2, 0) is 33.2 Å². The number of fused-ring (bicyclic) bond motifs is 2. The van der Waals surface area contributed by atoms with E-state index in [1.54, 1.807) is 13.8 Å². The molecule has 5 aliphatic carbocycles. The highest BCUT2D eigenvalue weighted by Gasteiger charge is 2.85. The first-order chi connectivity index (χ1) is 26.9. The summed E-state index contributed by atoms with van der Waals surface area (Å²) in [7, 11) is 0. The van der Waals surface area contributed by atoms with Crippen molar-refractivity contribution in [2.45, 2.75) is 204 Å². The van der Waals surface area contributed by atoms with E-state index in [9.17, 15) is 45.6 Å². The monoisotopic (exact) mass is 826 g/mol. The van der Waals surface area contributed by atoms with Crippen molar-refractivity contribution in [3.63, 3.8) is 0 Å². The fourth-order valence-corrected chi connectivity index (χ4v) is 15.2. The van der Waals surface area contributed by atoms with E-state index in [1.807, 2.05) is 0 Å². The van der Waals surface area contributed by atoms with Crippen LogP contribution < -0.4 is 0 Å². The second kappa shape index (κ2) is 14.2. The average Bonchev–Trinajstić information content (AvgIpc) is 3.50. The van der Waals surface area contributed by atoms with Gasteiger partial charge < -0.3 is 69.3 Å². The molecule has 15 nitrogen and oxygen atoms in total. The van der Waals surface area contributed by atoms with Gasteiger partial charge in [0.1, 0.15) is 36.6 Å². The normalized spacial score (nSPS) is 56.1. The van der Waals surface area contributed by atoms with Crippen molar-refractivity contribution in [1.82, 2.24) is 0 Å². The second-order valence-corrected chi connectivity index (χ2v) is 21.6. The van der Waals surface area contributed by atoms with E-state index >= 15 is 0 Å². The van der Waals surface area contributed by atoms with Crippen LogP contribution >= 0.6 is 0 Å². The summed E-state index contributed by atoms with van der Waals surface area (Å²) in [6, 6.07) is 0. The van der Waals surface area contributed by atoms with Crippen LogP contribution in [-0.4, -0.2) is 151 Å². The third kappa shape index (κ3) is 6.17. The minimum atomic E-state index is -1.61. The summed E-state index contributed by atoms with van der Waals surface area (Å²) < 4.78 is 37.4. The maximum atomic E-state index is 12.2. The lowest BCUT2D eigenvalue weighted by Crippen LogP contribution is -2.65. The van der Waals surface area contributed by atoms with Gasteiger partial charge in [-0.05, 0) is 117 Å². The molecule has 2 spiro atoms. The minimum absolute atomic E-state index is 0.0840. The van der Waals surface area contributed by atoms with E-state index in [-0.39, 0.29) is 52.1 Å². The molecule has 1 unspecified atom stereocenters. The molecule has 21 atom stereocenters. The van der Waals surface area contributed by atoms with Crippen molar-refractivity contribution in [3.05, 3.63) is 0 Å². The van der Waals surface area contributed by atoms with E-state index in [0.29, 0.717) is 25.7 Å². The molecule has 8 aliphatic rings. The quantitative estimate of drug-likeness (QED) is 0.127. The van der Waals surface area contributed by atoms with Crippen LogP contribution in [0.3, 0.4) is 0 Å². The number of aliphatic hydroxyl groups is 8. The van der Waals surface area contributed by atoms with Crippen molar-refractivity contribution in [3.8, 4) is 0 Å². The lowest BCUT2D eigenvalue weighted by Gasteiger charge is -2.65. The van der Waals surface area contributed by atoms with Crippen LogP contribution in [0, 0.1) is 44.8 Å². The Hall–Kier alpha value is -1.05. The van der Waals surface area contributed by atoms with Gasteiger partial charge in [0.05, 0.1) is 48.8 Å². The minimum Gasteiger partial charge on any atom is -0.457 e. The molecule has 0 aromatic heterocycles. The van der Waals surface area contributed by atoms with Crippen molar-refractivity contribution in [2.24, 2.45) is 44.8 Å². The maximum Gasteiger partial charge on any atom is 0.303 e. The molecule has 8 fully saturated rings. The molecule has 0 radical (unpaired) electrons. The molecular formula is C43H70O15. The molecule has 3 heterocycles. The number of hydrogen-bond donors (Lipinski definition) is 8. The maximum absolute atomic E-state index is 12.2. The zero-order chi connectivity index (χ0) is 42.3. The summed E-state index contributed by atoms with van der Waals surface area (Å²) in [6.07, 6.45) is -7.63. The summed E-state index contributed by atoms with van der Waals surface area (Å²) in [5.41, 5.74) is -3.28. The van der Waals surface area contributed by atoms with Gasteiger partial charge in [0.2, 0.25) is 0 Å². The Bertz CT molecular complexity index is 1570. The molecule has 0 amide bonds. The smallest absolute Gasteiger partial charge is 0.303 e. The molecule has 8 N–H and O–H groups in total. The topological polar surface area (TPSA) is 234 Å². The molecule has 8 rings (SSSR count). The fourth-order valence-electron chi connectivity index (χ4n) is 15.2. The molecule has 332 valence electrons. The SMILES string of the molecule is CC(=O)O[C@@H]1CO[C@@H](O[C@H]2CC[C@]34C[C@]35CC[C@]3(C)[C@@H]([C@@]6(C)CCC(C(C)(C)O)O6)[C@@H](O)C[C@@]3(C)[C@@H]5C[C@H](O[C@@H]3O[C@H](CO)[C@@H](O)[C@H](O)[C@H]3O)[C@H]4C2(C)C)[C@H](O)[C@H]1O. The van der Waals surface area contributed by atoms with Crippen LogP contribution in [0.1, 0.15) is 113 Å². The van der Waals surface area contributed by atoms with Crippen molar-refractivity contribution < 1.29 is 74.1 Å². The van der Waals surface area contributed by atoms with Gasteiger partial charge in [-0.1, -0.05) is 27.7 Å². The highest BCUT2D eigenvalue weighted by atomic mass is 16.7. The molecule has 58 heavy (non-hydrogen) atoms. The molecular weight excluding hydrogens is 756 g/mol. The van der Waals surface area contributed by atoms with Gasteiger partial charge in [-0.25, -0.2) is 0 Å². The van der Waals surface area contributed by atoms with Crippen LogP contribution in [0.4, 0.5) is 0 Å². The number of rotatable bonds is 8. The number of ether oxygens (including phenoxy) is 6. The van der Waals surface area contributed by atoms with E-state index < -0.39 is 103 Å². The standard InChI is InChI=1S/C43H70O15/c1-20(45)54-24-18-53-35(31(50)29(24)48)57-26-10-12-43-19-42(43)14-13-39(6)33(41(8)11-9-27(58-41)38(4,5)52)21(46)16-40(39,7)25(42)15-22(34(43)37(26,2)3)55-36-32(51)30(49)28(47)23(17-44)56-36/h21-36,44,46-52H,9-19H2,1-8H3/t21-,22-,23+,24+,25-,26-,27?,28+,29-,30-,31+,32+,33-,34-,35-,36+,39+,40-,41+,42-,43+/m0/s1. The Kier molecular flexibility index (Phi) is 10.7. The summed E-state index contributed by atoms with van der Waals surface area (Å²) in [5, 5.41) is 88.0. The molecule has 0 aromatic rings. The van der Waals surface area contributed by atoms with E-state index in [2.05, 4.69) is 34.6 Å². The lowest BCUT2D eigenvalue weighted by atomic mass is 9.41. The zero-order valence-corrected chi connectivity index (χ0v) is 35.5. The number of hydrogen-bond acceptors (Lipinski definition) is 15. The van der Waals surface area contributed by atoms with Gasteiger partial charge in [0.15, 0.2) is 18.7 Å². The van der Waals surface area contributed by atoms with Crippen LogP contribution in [0.5, 0.6) is 0 Å². The Morgan fingerprint density at radius 3 is 2.10 bits per heavy atom. The fraction of sp³-hybridized carbons (Fsp3) is 0.977. The number of carbonyl (C=O) groups excluding carboxylic acids is 1. The van der Waals surface area contributed by atoms with E-state index in [0.717, 1.165) is 32.1 Å². The summed E-state index contributed by atoms with van der Waals surface area (Å²) >= 11 is 0.